The first kappa shape index (κ1) is 14.7. The van der Waals surface area contributed by atoms with E-state index in [0.29, 0.717) is 23.0 Å². The average molecular weight is 299 g/mol. The Balaban J connectivity index is 1.62. The van der Waals surface area contributed by atoms with Gasteiger partial charge in [0.2, 0.25) is 0 Å². The smallest absolute Gasteiger partial charge is 0.139 e. The number of ketones is 1. The zero-order valence-corrected chi connectivity index (χ0v) is 14.1. The van der Waals surface area contributed by atoms with Gasteiger partial charge in [-0.3, -0.25) is 4.79 Å². The first-order valence-corrected chi connectivity index (χ1v) is 9.42. The van der Waals surface area contributed by atoms with Crippen LogP contribution in [0, 0.1) is 51.8 Å². The maximum Gasteiger partial charge on any atom is 0.139 e. The van der Waals surface area contributed by atoms with E-state index >= 15 is 0 Å². The first-order valence-electron chi connectivity index (χ1n) is 9.42. The predicted molar refractivity (Wildman–Crippen MR) is 85.8 cm³/mol. The topological polar surface area (TPSA) is 40.9 Å². The standard InChI is InChI=1S/C20H29NO/c1-19-9-7-13(12-21)11-14(19)3-4-15-16-5-6-18(22)20(16,2)10-8-17(15)19/h13-17H,3-11H2,1-2H3/t13-,14-,15-,16+,17-,19+,20+/m0/s1. The summed E-state index contributed by atoms with van der Waals surface area (Å²) in [5, 5.41) is 9.30. The second-order valence-corrected chi connectivity index (χ2v) is 9.18. The molecule has 0 aliphatic heterocycles. The maximum atomic E-state index is 12.4. The Morgan fingerprint density at radius 2 is 1.86 bits per heavy atom. The number of rotatable bonds is 0. The van der Waals surface area contributed by atoms with Gasteiger partial charge in [-0.25, -0.2) is 0 Å². The highest BCUT2D eigenvalue weighted by Gasteiger charge is 2.60. The van der Waals surface area contributed by atoms with Crippen LogP contribution < -0.4 is 0 Å². The number of fused-ring (bicyclic) bond motifs is 5. The minimum absolute atomic E-state index is 0.00815. The SMILES string of the molecule is C[C@@]12CC[C@H](C#N)C[C@@H]1CC[C@H]1[C@H]3CCC(=O)[C@]3(C)CC[C@@H]12. The largest absolute Gasteiger partial charge is 0.299 e. The van der Waals surface area contributed by atoms with Crippen LogP contribution in [-0.4, -0.2) is 5.78 Å². The summed E-state index contributed by atoms with van der Waals surface area (Å²) in [6.45, 7) is 4.80. The Hall–Kier alpha value is -0.840. The van der Waals surface area contributed by atoms with Crippen molar-refractivity contribution in [2.45, 2.75) is 71.6 Å². The fourth-order valence-corrected chi connectivity index (χ4v) is 7.15. The third-order valence-corrected chi connectivity index (χ3v) is 8.56. The number of nitrogens with zero attached hydrogens (tertiary/aromatic N) is 1. The van der Waals surface area contributed by atoms with Gasteiger partial charge in [-0.05, 0) is 80.5 Å². The van der Waals surface area contributed by atoms with E-state index in [9.17, 15) is 10.1 Å². The van der Waals surface area contributed by atoms with Gasteiger partial charge < -0.3 is 0 Å². The molecule has 4 rings (SSSR count). The van der Waals surface area contributed by atoms with Crippen molar-refractivity contribution in [2.24, 2.45) is 40.4 Å². The number of hydrogen-bond acceptors (Lipinski definition) is 2. The molecule has 4 aliphatic rings. The molecule has 0 unspecified atom stereocenters. The van der Waals surface area contributed by atoms with Crippen LogP contribution in [-0.2, 0) is 4.79 Å². The van der Waals surface area contributed by atoms with E-state index in [1.807, 2.05) is 0 Å². The summed E-state index contributed by atoms with van der Waals surface area (Å²) in [4.78, 5) is 12.4. The van der Waals surface area contributed by atoms with Gasteiger partial charge in [0.1, 0.15) is 5.78 Å². The molecule has 2 nitrogen and oxygen atoms in total. The molecule has 0 heterocycles. The fourth-order valence-electron chi connectivity index (χ4n) is 7.15. The van der Waals surface area contributed by atoms with Crippen molar-refractivity contribution in [3.63, 3.8) is 0 Å². The number of carbonyl (C=O) groups excluding carboxylic acids is 1. The Labute approximate surface area is 134 Å². The summed E-state index contributed by atoms with van der Waals surface area (Å²) >= 11 is 0. The Morgan fingerprint density at radius 3 is 2.64 bits per heavy atom. The second-order valence-electron chi connectivity index (χ2n) is 9.18. The molecule has 0 saturated heterocycles. The van der Waals surface area contributed by atoms with Crippen LogP contribution in [0.5, 0.6) is 0 Å². The molecule has 4 fully saturated rings. The molecule has 2 heteroatoms. The average Bonchev–Trinajstić information content (AvgIpc) is 2.82. The highest BCUT2D eigenvalue weighted by Crippen LogP contribution is 2.65. The lowest BCUT2D eigenvalue weighted by molar-refractivity contribution is -0.139. The van der Waals surface area contributed by atoms with Crippen molar-refractivity contribution in [3.05, 3.63) is 0 Å². The summed E-state index contributed by atoms with van der Waals surface area (Å²) < 4.78 is 0. The molecule has 0 radical (unpaired) electrons. The molecule has 0 bridgehead atoms. The second kappa shape index (κ2) is 4.83. The number of carbonyl (C=O) groups is 1. The Kier molecular flexibility index (Phi) is 3.23. The van der Waals surface area contributed by atoms with Crippen molar-refractivity contribution >= 4 is 5.78 Å². The molecule has 7 atom stereocenters. The van der Waals surface area contributed by atoms with E-state index in [4.69, 9.17) is 0 Å². The van der Waals surface area contributed by atoms with Gasteiger partial charge in [0.15, 0.2) is 0 Å². The van der Waals surface area contributed by atoms with Gasteiger partial charge >= 0.3 is 0 Å². The number of nitriles is 1. The lowest BCUT2D eigenvalue weighted by atomic mass is 9.45. The normalized spacial score (nSPS) is 54.0. The lowest BCUT2D eigenvalue weighted by Crippen LogP contribution is -2.53. The highest BCUT2D eigenvalue weighted by molar-refractivity contribution is 5.87. The van der Waals surface area contributed by atoms with E-state index in [2.05, 4.69) is 19.9 Å². The van der Waals surface area contributed by atoms with E-state index in [0.717, 1.165) is 49.9 Å². The van der Waals surface area contributed by atoms with Crippen LogP contribution in [0.4, 0.5) is 0 Å². The van der Waals surface area contributed by atoms with Crippen molar-refractivity contribution in [2.75, 3.05) is 0 Å². The van der Waals surface area contributed by atoms with Crippen molar-refractivity contribution in [1.82, 2.24) is 0 Å². The summed E-state index contributed by atoms with van der Waals surface area (Å²) in [7, 11) is 0. The van der Waals surface area contributed by atoms with Crippen LogP contribution in [0.2, 0.25) is 0 Å². The summed E-state index contributed by atoms with van der Waals surface area (Å²) in [6.07, 6.45) is 10.5. The lowest BCUT2D eigenvalue weighted by Gasteiger charge is -2.60. The minimum atomic E-state index is 0.00815. The van der Waals surface area contributed by atoms with Crippen LogP contribution in [0.3, 0.4) is 0 Å². The maximum absolute atomic E-state index is 12.4. The minimum Gasteiger partial charge on any atom is -0.299 e. The van der Waals surface area contributed by atoms with E-state index in [1.54, 1.807) is 0 Å². The van der Waals surface area contributed by atoms with Crippen molar-refractivity contribution in [1.29, 1.82) is 5.26 Å². The van der Waals surface area contributed by atoms with Gasteiger partial charge in [-0.1, -0.05) is 13.8 Å². The number of hydrogen-bond donors (Lipinski definition) is 0. The molecule has 0 aromatic heterocycles. The summed E-state index contributed by atoms with van der Waals surface area (Å²) in [5.74, 6) is 3.87. The third-order valence-electron chi connectivity index (χ3n) is 8.56. The quantitative estimate of drug-likeness (QED) is 0.648. The van der Waals surface area contributed by atoms with Gasteiger partial charge in [-0.2, -0.15) is 5.26 Å². The van der Waals surface area contributed by atoms with Gasteiger partial charge in [0.25, 0.3) is 0 Å². The monoisotopic (exact) mass is 299 g/mol. The van der Waals surface area contributed by atoms with Crippen molar-refractivity contribution < 1.29 is 4.79 Å². The zero-order chi connectivity index (χ0) is 15.5. The molecule has 4 saturated carbocycles. The molecule has 0 spiro atoms. The molecule has 120 valence electrons. The zero-order valence-electron chi connectivity index (χ0n) is 14.1. The molecule has 4 aliphatic carbocycles. The van der Waals surface area contributed by atoms with Crippen LogP contribution in [0.1, 0.15) is 71.6 Å². The predicted octanol–water partition coefficient (Wildman–Crippen LogP) is 4.74. The van der Waals surface area contributed by atoms with E-state index < -0.39 is 0 Å². The first-order chi connectivity index (χ1) is 10.5. The molecular formula is C20H29NO. The molecule has 22 heavy (non-hydrogen) atoms. The summed E-state index contributed by atoms with van der Waals surface area (Å²) in [5.41, 5.74) is 0.456. The van der Waals surface area contributed by atoms with E-state index in [-0.39, 0.29) is 5.41 Å². The van der Waals surface area contributed by atoms with Gasteiger partial charge in [-0.15, -0.1) is 0 Å². The van der Waals surface area contributed by atoms with Crippen LogP contribution >= 0.6 is 0 Å². The van der Waals surface area contributed by atoms with Crippen LogP contribution in [0.25, 0.3) is 0 Å². The highest BCUT2D eigenvalue weighted by atomic mass is 16.1. The summed E-state index contributed by atoms with van der Waals surface area (Å²) in [6, 6.07) is 2.53. The number of Topliss-reactive ketones (excluding diaryl/α,β-unsaturated/α-hetero) is 1. The molecule has 0 aromatic rings. The third kappa shape index (κ3) is 1.81. The van der Waals surface area contributed by atoms with Gasteiger partial charge in [0, 0.05) is 17.8 Å². The fraction of sp³-hybridized carbons (Fsp3) is 0.900. The molecule has 0 aromatic carbocycles. The Bertz CT molecular complexity index is 534. The van der Waals surface area contributed by atoms with Gasteiger partial charge in [0.05, 0.1) is 6.07 Å². The molecule has 0 amide bonds. The molecule has 0 N–H and O–H groups in total. The Morgan fingerprint density at radius 1 is 1.05 bits per heavy atom. The molecular weight excluding hydrogens is 270 g/mol. The van der Waals surface area contributed by atoms with Crippen molar-refractivity contribution in [3.8, 4) is 6.07 Å². The van der Waals surface area contributed by atoms with E-state index in [1.165, 1.54) is 25.7 Å². The van der Waals surface area contributed by atoms with Crippen LogP contribution in [0.15, 0.2) is 0 Å².